The summed E-state index contributed by atoms with van der Waals surface area (Å²) in [6, 6.07) is 6.75. The van der Waals surface area contributed by atoms with E-state index in [1.54, 1.807) is 7.05 Å². The van der Waals surface area contributed by atoms with Crippen LogP contribution in [0.2, 0.25) is 0 Å². The van der Waals surface area contributed by atoms with E-state index >= 15 is 0 Å². The minimum absolute atomic E-state index is 0.0661. The Balaban J connectivity index is 1.91. The summed E-state index contributed by atoms with van der Waals surface area (Å²) in [4.78, 5) is 16.9. The molecule has 1 fully saturated rings. The maximum atomic E-state index is 13.4. The van der Waals surface area contributed by atoms with Gasteiger partial charge in [0.15, 0.2) is 5.65 Å². The van der Waals surface area contributed by atoms with E-state index in [4.69, 9.17) is 0 Å². The second-order valence-electron chi connectivity index (χ2n) is 6.35. The van der Waals surface area contributed by atoms with Crippen molar-refractivity contribution in [2.75, 3.05) is 0 Å². The second kappa shape index (κ2) is 5.82. The van der Waals surface area contributed by atoms with E-state index in [9.17, 15) is 18.0 Å². The zero-order chi connectivity index (χ0) is 18.5. The third-order valence-corrected chi connectivity index (χ3v) is 4.37. The molecule has 1 aliphatic rings. The molecule has 1 aromatic carbocycles. The van der Waals surface area contributed by atoms with Crippen LogP contribution in [0.5, 0.6) is 0 Å². The number of hydrogen-bond acceptors (Lipinski definition) is 3. The molecule has 1 aliphatic carbocycles. The fraction of sp³-hybridized carbons (Fsp3) is 0.278. The Kier molecular flexibility index (Phi) is 3.71. The van der Waals surface area contributed by atoms with Crippen molar-refractivity contribution in [3.05, 3.63) is 47.7 Å². The van der Waals surface area contributed by atoms with E-state index in [0.29, 0.717) is 11.0 Å². The fourth-order valence-corrected chi connectivity index (χ4v) is 2.88. The molecular formula is C18H15F3N4O. The average Bonchev–Trinajstić information content (AvgIpc) is 3.34. The lowest BCUT2D eigenvalue weighted by atomic mass is 10.0. The maximum Gasteiger partial charge on any atom is 0.417 e. The summed E-state index contributed by atoms with van der Waals surface area (Å²) in [6.07, 6.45) is -1.19. The van der Waals surface area contributed by atoms with Crippen molar-refractivity contribution in [2.24, 2.45) is 7.05 Å². The lowest BCUT2D eigenvalue weighted by Gasteiger charge is -2.13. The average molecular weight is 360 g/mol. The first kappa shape index (κ1) is 16.6. The number of nitrogens with zero attached hydrogens (tertiary/aromatic N) is 3. The topological polar surface area (TPSA) is 59.8 Å². The summed E-state index contributed by atoms with van der Waals surface area (Å²) in [5.41, 5.74) is -0.122. The molecule has 2 aromatic heterocycles. The lowest BCUT2D eigenvalue weighted by molar-refractivity contribution is -0.137. The van der Waals surface area contributed by atoms with Gasteiger partial charge in [-0.2, -0.15) is 18.3 Å². The van der Waals surface area contributed by atoms with Crippen LogP contribution in [0.1, 0.15) is 28.8 Å². The molecule has 1 amide bonds. The molecule has 26 heavy (non-hydrogen) atoms. The van der Waals surface area contributed by atoms with Crippen LogP contribution in [-0.2, 0) is 13.2 Å². The Morgan fingerprint density at radius 1 is 1.27 bits per heavy atom. The van der Waals surface area contributed by atoms with Gasteiger partial charge in [0, 0.05) is 18.7 Å². The molecule has 134 valence electrons. The number of halogens is 3. The van der Waals surface area contributed by atoms with Crippen molar-refractivity contribution in [2.45, 2.75) is 25.1 Å². The van der Waals surface area contributed by atoms with E-state index in [2.05, 4.69) is 15.4 Å². The molecular weight excluding hydrogens is 345 g/mol. The van der Waals surface area contributed by atoms with E-state index in [1.165, 1.54) is 35.1 Å². The zero-order valence-corrected chi connectivity index (χ0v) is 13.8. The van der Waals surface area contributed by atoms with E-state index in [1.807, 2.05) is 0 Å². The first-order valence-corrected chi connectivity index (χ1v) is 8.15. The van der Waals surface area contributed by atoms with Crippen LogP contribution in [0.25, 0.3) is 22.3 Å². The summed E-state index contributed by atoms with van der Waals surface area (Å²) in [7, 11) is 1.64. The van der Waals surface area contributed by atoms with Crippen molar-refractivity contribution >= 4 is 16.9 Å². The van der Waals surface area contributed by atoms with Crippen molar-refractivity contribution in [3.63, 3.8) is 0 Å². The van der Waals surface area contributed by atoms with Crippen molar-refractivity contribution < 1.29 is 18.0 Å². The Labute approximate surface area is 146 Å². The Bertz CT molecular complexity index is 1010. The van der Waals surface area contributed by atoms with Gasteiger partial charge in [-0.1, -0.05) is 18.2 Å². The Morgan fingerprint density at radius 2 is 2.00 bits per heavy atom. The number of aromatic nitrogens is 3. The fourth-order valence-electron chi connectivity index (χ4n) is 2.88. The van der Waals surface area contributed by atoms with Crippen molar-refractivity contribution in [3.8, 4) is 11.3 Å². The van der Waals surface area contributed by atoms with E-state index < -0.39 is 11.7 Å². The van der Waals surface area contributed by atoms with Gasteiger partial charge in [-0.15, -0.1) is 0 Å². The summed E-state index contributed by atoms with van der Waals surface area (Å²) in [5, 5.41) is 7.47. The van der Waals surface area contributed by atoms with Gasteiger partial charge in [0.2, 0.25) is 0 Å². The van der Waals surface area contributed by atoms with Crippen molar-refractivity contribution in [1.29, 1.82) is 0 Å². The number of rotatable bonds is 3. The van der Waals surface area contributed by atoms with Crippen LogP contribution < -0.4 is 5.32 Å². The smallest absolute Gasteiger partial charge is 0.349 e. The van der Waals surface area contributed by atoms with E-state index in [-0.39, 0.29) is 28.8 Å². The molecule has 5 nitrogen and oxygen atoms in total. The number of hydrogen-bond donors (Lipinski definition) is 1. The Morgan fingerprint density at radius 3 is 2.69 bits per heavy atom. The number of benzene rings is 1. The highest BCUT2D eigenvalue weighted by molar-refractivity contribution is 6.06. The standard InChI is InChI=1S/C18H15F3N4O/c1-25-16-13(9-22-25)12(17(26)23-10-6-7-10)8-15(24-16)11-4-2-3-5-14(11)18(19,20)21/h2-5,8-10H,6-7H2,1H3,(H,23,26). The number of nitrogens with one attached hydrogen (secondary N) is 1. The first-order valence-electron chi connectivity index (χ1n) is 8.15. The summed E-state index contributed by atoms with van der Waals surface area (Å²) >= 11 is 0. The van der Waals surface area contributed by atoms with Crippen LogP contribution in [-0.4, -0.2) is 26.7 Å². The lowest BCUT2D eigenvalue weighted by Crippen LogP contribution is -2.25. The van der Waals surface area contributed by atoms with Crippen LogP contribution in [0.4, 0.5) is 13.2 Å². The molecule has 0 radical (unpaired) electrons. The Hall–Kier alpha value is -2.90. The van der Waals surface area contributed by atoms with Gasteiger partial charge in [0.25, 0.3) is 5.91 Å². The van der Waals surface area contributed by atoms with Crippen LogP contribution in [0, 0.1) is 0 Å². The molecule has 0 bridgehead atoms. The number of fused-ring (bicyclic) bond motifs is 1. The zero-order valence-electron chi connectivity index (χ0n) is 13.8. The maximum absolute atomic E-state index is 13.4. The largest absolute Gasteiger partial charge is 0.417 e. The van der Waals surface area contributed by atoms with Crippen molar-refractivity contribution in [1.82, 2.24) is 20.1 Å². The van der Waals surface area contributed by atoms with Gasteiger partial charge in [0.1, 0.15) is 0 Å². The SMILES string of the molecule is Cn1ncc2c(C(=O)NC3CC3)cc(-c3ccccc3C(F)(F)F)nc21. The molecule has 0 atom stereocenters. The first-order chi connectivity index (χ1) is 12.3. The molecule has 0 spiro atoms. The summed E-state index contributed by atoms with van der Waals surface area (Å²) < 4.78 is 41.6. The molecule has 3 aromatic rings. The molecule has 0 unspecified atom stereocenters. The highest BCUT2D eigenvalue weighted by Crippen LogP contribution is 2.37. The van der Waals surface area contributed by atoms with Gasteiger partial charge >= 0.3 is 6.18 Å². The predicted molar refractivity (Wildman–Crippen MR) is 89.4 cm³/mol. The van der Waals surface area contributed by atoms with Gasteiger partial charge in [0.05, 0.1) is 28.4 Å². The van der Waals surface area contributed by atoms with Crippen LogP contribution >= 0.6 is 0 Å². The van der Waals surface area contributed by atoms with Gasteiger partial charge in [-0.3, -0.25) is 9.48 Å². The van der Waals surface area contributed by atoms with Crippen LogP contribution in [0.3, 0.4) is 0 Å². The van der Waals surface area contributed by atoms with E-state index in [0.717, 1.165) is 18.9 Å². The number of pyridine rings is 1. The molecule has 1 N–H and O–H groups in total. The number of aryl methyl sites for hydroxylation is 1. The summed E-state index contributed by atoms with van der Waals surface area (Å²) in [6.45, 7) is 0. The third kappa shape index (κ3) is 2.91. The number of carbonyl (C=O) groups is 1. The minimum atomic E-state index is -4.52. The molecule has 0 aliphatic heterocycles. The van der Waals surface area contributed by atoms with Gasteiger partial charge < -0.3 is 5.32 Å². The minimum Gasteiger partial charge on any atom is -0.349 e. The second-order valence-corrected chi connectivity index (χ2v) is 6.35. The normalized spacial score (nSPS) is 14.6. The van der Waals surface area contributed by atoms with Crippen LogP contribution in [0.15, 0.2) is 36.5 Å². The molecule has 0 saturated heterocycles. The third-order valence-electron chi connectivity index (χ3n) is 4.37. The molecule has 4 rings (SSSR count). The highest BCUT2D eigenvalue weighted by Gasteiger charge is 2.34. The molecule has 8 heteroatoms. The van der Waals surface area contributed by atoms with Gasteiger partial charge in [-0.25, -0.2) is 4.98 Å². The molecule has 2 heterocycles. The number of amides is 1. The number of alkyl halides is 3. The number of carbonyl (C=O) groups excluding carboxylic acids is 1. The predicted octanol–water partition coefficient (Wildman–Crippen LogP) is 3.55. The molecule has 1 saturated carbocycles. The monoisotopic (exact) mass is 360 g/mol. The van der Waals surface area contributed by atoms with Gasteiger partial charge in [-0.05, 0) is 25.0 Å². The quantitative estimate of drug-likeness (QED) is 0.777. The summed E-state index contributed by atoms with van der Waals surface area (Å²) in [5.74, 6) is -0.321. The highest BCUT2D eigenvalue weighted by atomic mass is 19.4.